The Hall–Kier alpha value is -5.62. The minimum atomic E-state index is 0.179. The van der Waals surface area contributed by atoms with Crippen molar-refractivity contribution in [3.63, 3.8) is 0 Å². The number of aliphatic hydroxyl groups is 1. The molecule has 1 N–H and O–H groups in total. The van der Waals surface area contributed by atoms with Gasteiger partial charge >= 0.3 is 0 Å². The zero-order valence-corrected chi connectivity index (χ0v) is 31.9. The normalized spacial score (nSPS) is 15.8. The lowest BCUT2D eigenvalue weighted by molar-refractivity contribution is 0.188. The van der Waals surface area contributed by atoms with Gasteiger partial charge in [0.25, 0.3) is 0 Å². The topological polar surface area (TPSA) is 93.6 Å². The third kappa shape index (κ3) is 6.84. The molecular formula is C44H48N10O. The van der Waals surface area contributed by atoms with Crippen molar-refractivity contribution < 1.29 is 5.11 Å². The molecule has 0 bridgehead atoms. The van der Waals surface area contributed by atoms with Gasteiger partial charge in [0.05, 0.1) is 29.4 Å². The standard InChI is InChI=1S/C44H48N10O/c1-31-41(35-14-8-5-9-15-35)43-45-37(29-39(53(43)47-31)52-23-19-50(20-24-52)25-26-55)28-33-11-10-16-36(27-33)42-32(2)48-54-40(51-21-17-49(3)18-22-51)30-38(46-44(42)54)34-12-6-4-7-13-34/h4-16,27,29-30,55H,17-26,28H2,1-3H3. The van der Waals surface area contributed by atoms with Crippen LogP contribution in [-0.4, -0.2) is 117 Å². The lowest BCUT2D eigenvalue weighted by Gasteiger charge is -2.35. The minimum absolute atomic E-state index is 0.179. The number of nitrogens with zero attached hydrogens (tertiary/aromatic N) is 10. The van der Waals surface area contributed by atoms with Crippen molar-refractivity contribution >= 4 is 22.9 Å². The van der Waals surface area contributed by atoms with Crippen molar-refractivity contribution in [3.8, 4) is 33.5 Å². The molecule has 55 heavy (non-hydrogen) atoms. The largest absolute Gasteiger partial charge is 0.395 e. The highest BCUT2D eigenvalue weighted by atomic mass is 16.3. The quantitative estimate of drug-likeness (QED) is 0.196. The van der Waals surface area contributed by atoms with E-state index in [1.54, 1.807) is 0 Å². The summed E-state index contributed by atoms with van der Waals surface area (Å²) in [5.41, 5.74) is 12.2. The van der Waals surface area contributed by atoms with E-state index in [0.29, 0.717) is 13.0 Å². The molecule has 4 aromatic heterocycles. The van der Waals surface area contributed by atoms with Gasteiger partial charge in [-0.25, -0.2) is 9.97 Å². The van der Waals surface area contributed by atoms with Gasteiger partial charge in [-0.1, -0.05) is 84.9 Å². The van der Waals surface area contributed by atoms with Gasteiger partial charge < -0.3 is 19.8 Å². The second-order valence-electron chi connectivity index (χ2n) is 14.9. The van der Waals surface area contributed by atoms with Crippen LogP contribution in [0.25, 0.3) is 44.8 Å². The van der Waals surface area contributed by atoms with E-state index in [1.165, 1.54) is 5.56 Å². The summed E-state index contributed by atoms with van der Waals surface area (Å²) in [5, 5.41) is 19.8. The summed E-state index contributed by atoms with van der Waals surface area (Å²) in [4.78, 5) is 20.2. The first-order valence-electron chi connectivity index (χ1n) is 19.4. The predicted molar refractivity (Wildman–Crippen MR) is 220 cm³/mol. The van der Waals surface area contributed by atoms with E-state index in [9.17, 15) is 5.11 Å². The van der Waals surface area contributed by atoms with Crippen LogP contribution in [0.5, 0.6) is 0 Å². The molecule has 11 nitrogen and oxygen atoms in total. The van der Waals surface area contributed by atoms with Crippen LogP contribution in [0.1, 0.15) is 22.6 Å². The van der Waals surface area contributed by atoms with E-state index in [-0.39, 0.29) is 6.61 Å². The smallest absolute Gasteiger partial charge is 0.166 e. The molecule has 9 rings (SSSR count). The molecule has 2 fully saturated rings. The first-order chi connectivity index (χ1) is 26.9. The second kappa shape index (κ2) is 14.9. The molecule has 6 heterocycles. The Kier molecular flexibility index (Phi) is 9.51. The van der Waals surface area contributed by atoms with Gasteiger partial charge in [-0.3, -0.25) is 4.90 Å². The Morgan fingerprint density at radius 1 is 0.582 bits per heavy atom. The van der Waals surface area contributed by atoms with Crippen molar-refractivity contribution in [1.29, 1.82) is 0 Å². The first kappa shape index (κ1) is 35.1. The van der Waals surface area contributed by atoms with E-state index in [4.69, 9.17) is 20.2 Å². The Morgan fingerprint density at radius 2 is 1.15 bits per heavy atom. The van der Waals surface area contributed by atoms with Crippen LogP contribution < -0.4 is 9.80 Å². The fraction of sp³-hybridized carbons (Fsp3) is 0.318. The van der Waals surface area contributed by atoms with Gasteiger partial charge in [-0.05, 0) is 37.6 Å². The molecule has 0 unspecified atom stereocenters. The van der Waals surface area contributed by atoms with Crippen molar-refractivity contribution in [2.45, 2.75) is 20.3 Å². The lowest BCUT2D eigenvalue weighted by Crippen LogP contribution is -2.47. The highest BCUT2D eigenvalue weighted by Crippen LogP contribution is 2.35. The summed E-state index contributed by atoms with van der Waals surface area (Å²) in [6.07, 6.45) is 0.660. The Bertz CT molecular complexity index is 2440. The molecule has 11 heteroatoms. The maximum Gasteiger partial charge on any atom is 0.166 e. The van der Waals surface area contributed by atoms with Gasteiger partial charge in [0.2, 0.25) is 0 Å². The van der Waals surface area contributed by atoms with Gasteiger partial charge in [0, 0.05) is 94.1 Å². The van der Waals surface area contributed by atoms with Crippen LogP contribution in [0.2, 0.25) is 0 Å². The molecule has 0 aliphatic carbocycles. The summed E-state index contributed by atoms with van der Waals surface area (Å²) in [7, 11) is 2.19. The first-order valence-corrected chi connectivity index (χ1v) is 19.4. The second-order valence-corrected chi connectivity index (χ2v) is 14.9. The zero-order valence-electron chi connectivity index (χ0n) is 31.9. The predicted octanol–water partition coefficient (Wildman–Crippen LogP) is 5.85. The molecule has 0 atom stereocenters. The molecule has 2 saturated heterocycles. The molecule has 7 aromatic rings. The van der Waals surface area contributed by atoms with Crippen LogP contribution in [0.15, 0.2) is 97.1 Å². The SMILES string of the molecule is Cc1nn2c(N3CCN(CCO)CC3)cc(Cc3cccc(-c4c(C)nn5c(N6CCN(C)CC6)cc(-c6ccccc6)nc45)c3)nc2c1-c1ccccc1. The average Bonchev–Trinajstić information content (AvgIpc) is 3.73. The van der Waals surface area contributed by atoms with Crippen molar-refractivity contribution in [2.24, 2.45) is 0 Å². The molecular weight excluding hydrogens is 685 g/mol. The third-order valence-electron chi connectivity index (χ3n) is 11.2. The number of likely N-dealkylation sites (N-methyl/N-ethyl adjacent to an activating group) is 1. The van der Waals surface area contributed by atoms with Crippen LogP contribution in [0, 0.1) is 13.8 Å². The van der Waals surface area contributed by atoms with E-state index >= 15 is 0 Å². The van der Waals surface area contributed by atoms with Crippen molar-refractivity contribution in [3.05, 3.63) is 120 Å². The molecule has 0 radical (unpaired) electrons. The number of hydrogen-bond acceptors (Lipinski definition) is 9. The number of aliphatic hydroxyl groups excluding tert-OH is 1. The van der Waals surface area contributed by atoms with Gasteiger partial charge in [-0.2, -0.15) is 19.2 Å². The van der Waals surface area contributed by atoms with Crippen LogP contribution in [0.4, 0.5) is 11.6 Å². The monoisotopic (exact) mass is 732 g/mol. The number of aryl methyl sites for hydroxylation is 2. The summed E-state index contributed by atoms with van der Waals surface area (Å²) in [6, 6.07) is 34.2. The number of benzene rings is 3. The average molecular weight is 733 g/mol. The summed E-state index contributed by atoms with van der Waals surface area (Å²) in [6.45, 7) is 12.4. The molecule has 0 amide bonds. The number of hydrogen-bond donors (Lipinski definition) is 1. The van der Waals surface area contributed by atoms with Gasteiger partial charge in [0.1, 0.15) is 11.6 Å². The minimum Gasteiger partial charge on any atom is -0.395 e. The fourth-order valence-corrected chi connectivity index (χ4v) is 8.27. The van der Waals surface area contributed by atoms with Crippen molar-refractivity contribution in [2.75, 3.05) is 82.4 Å². The number of β-amino-alcohol motifs (C(OH)–C–C–N with tert-alkyl or cyclic N) is 1. The highest BCUT2D eigenvalue weighted by molar-refractivity contribution is 5.84. The number of aromatic nitrogens is 6. The van der Waals surface area contributed by atoms with Gasteiger partial charge in [-0.15, -0.1) is 0 Å². The summed E-state index contributed by atoms with van der Waals surface area (Å²) >= 11 is 0. The summed E-state index contributed by atoms with van der Waals surface area (Å²) in [5.74, 6) is 2.13. The molecule has 280 valence electrons. The molecule has 3 aromatic carbocycles. The Labute approximate surface area is 322 Å². The number of anilines is 2. The van der Waals surface area contributed by atoms with Crippen molar-refractivity contribution in [1.82, 2.24) is 39.0 Å². The zero-order chi connectivity index (χ0) is 37.5. The van der Waals surface area contributed by atoms with E-state index in [1.807, 2.05) is 10.6 Å². The van der Waals surface area contributed by atoms with E-state index in [2.05, 4.69) is 136 Å². The highest BCUT2D eigenvalue weighted by Gasteiger charge is 2.25. The van der Waals surface area contributed by atoms with E-state index in [0.717, 1.165) is 126 Å². The fourth-order valence-electron chi connectivity index (χ4n) is 8.27. The Morgan fingerprint density at radius 3 is 1.80 bits per heavy atom. The molecule has 2 aliphatic rings. The van der Waals surface area contributed by atoms with Crippen LogP contribution in [0.3, 0.4) is 0 Å². The van der Waals surface area contributed by atoms with Crippen LogP contribution >= 0.6 is 0 Å². The number of rotatable bonds is 9. The maximum atomic E-state index is 9.55. The number of fused-ring (bicyclic) bond motifs is 2. The summed E-state index contributed by atoms with van der Waals surface area (Å²) < 4.78 is 4.10. The molecule has 0 spiro atoms. The lowest BCUT2D eigenvalue weighted by atomic mass is 10.0. The van der Waals surface area contributed by atoms with Gasteiger partial charge in [0.15, 0.2) is 11.3 Å². The Balaban J connectivity index is 1.12. The van der Waals surface area contributed by atoms with E-state index < -0.39 is 0 Å². The third-order valence-corrected chi connectivity index (χ3v) is 11.2. The molecule has 2 aliphatic heterocycles. The maximum absolute atomic E-state index is 9.55. The molecule has 0 saturated carbocycles. The van der Waals surface area contributed by atoms with Crippen LogP contribution in [-0.2, 0) is 6.42 Å². The number of piperazine rings is 2.